The summed E-state index contributed by atoms with van der Waals surface area (Å²) >= 11 is 6.22. The molecule has 1 aliphatic rings. The highest BCUT2D eigenvalue weighted by Crippen LogP contribution is 2.34. The number of hydrogen-bond donors (Lipinski definition) is 0. The summed E-state index contributed by atoms with van der Waals surface area (Å²) in [5.74, 6) is -1.13. The van der Waals surface area contributed by atoms with E-state index in [2.05, 4.69) is 0 Å². The Balaban J connectivity index is 1.36. The van der Waals surface area contributed by atoms with E-state index in [0.29, 0.717) is 41.8 Å². The monoisotopic (exact) mass is 603 g/mol. The number of piperidine rings is 1. The molecule has 0 bridgehead atoms. The van der Waals surface area contributed by atoms with Crippen LogP contribution in [-0.4, -0.2) is 55.0 Å². The van der Waals surface area contributed by atoms with E-state index in [0.717, 1.165) is 12.5 Å². The average Bonchev–Trinajstić information content (AvgIpc) is 2.91. The quantitative estimate of drug-likeness (QED) is 0.172. The van der Waals surface area contributed by atoms with Gasteiger partial charge in [-0.2, -0.15) is 0 Å². The van der Waals surface area contributed by atoms with Gasteiger partial charge in [-0.15, -0.1) is 0 Å². The van der Waals surface area contributed by atoms with Gasteiger partial charge in [0.05, 0.1) is 17.5 Å². The number of likely N-dealkylation sites (tertiary alicyclic amines) is 1. The van der Waals surface area contributed by atoms with Gasteiger partial charge in [-0.1, -0.05) is 11.6 Å². The fraction of sp³-hybridized carbons (Fsp3) is 0.400. The smallest absolute Gasteiger partial charge is 0.481 e. The van der Waals surface area contributed by atoms with Crippen molar-refractivity contribution in [1.82, 2.24) is 4.90 Å². The first-order chi connectivity index (χ1) is 20.0. The van der Waals surface area contributed by atoms with Crippen LogP contribution >= 0.6 is 11.6 Å². The lowest BCUT2D eigenvalue weighted by Crippen LogP contribution is -2.46. The normalized spacial score (nSPS) is 15.8. The van der Waals surface area contributed by atoms with Crippen LogP contribution < -0.4 is 10.4 Å². The molecule has 1 unspecified atom stereocenters. The largest absolute Gasteiger partial charge is 0.511 e. The number of fused-ring (bicyclic) bond motifs is 1. The van der Waals surface area contributed by atoms with Crippen molar-refractivity contribution in [1.29, 1.82) is 0 Å². The van der Waals surface area contributed by atoms with Crippen LogP contribution in [0, 0.1) is 11.7 Å². The molecule has 1 aliphatic heterocycles. The molecular weight excluding hydrogens is 573 g/mol. The first-order valence-electron chi connectivity index (χ1n) is 13.5. The summed E-state index contributed by atoms with van der Waals surface area (Å²) in [4.78, 5) is 50.7. The number of carbonyl (C=O) groups excluding carboxylic acids is 3. The van der Waals surface area contributed by atoms with E-state index >= 15 is 0 Å². The van der Waals surface area contributed by atoms with Crippen LogP contribution in [0.2, 0.25) is 5.02 Å². The van der Waals surface area contributed by atoms with Gasteiger partial charge in [0.25, 0.3) is 5.91 Å². The van der Waals surface area contributed by atoms with Crippen molar-refractivity contribution >= 4 is 40.6 Å². The summed E-state index contributed by atoms with van der Waals surface area (Å²) in [6.07, 6.45) is -0.654. The molecule has 0 spiro atoms. The van der Waals surface area contributed by atoms with Gasteiger partial charge in [0.2, 0.25) is 6.79 Å². The van der Waals surface area contributed by atoms with Crippen LogP contribution in [0.15, 0.2) is 51.7 Å². The van der Waals surface area contributed by atoms with Gasteiger partial charge < -0.3 is 28.3 Å². The fourth-order valence-corrected chi connectivity index (χ4v) is 5.02. The van der Waals surface area contributed by atoms with Crippen LogP contribution in [0.25, 0.3) is 22.1 Å². The molecule has 12 heteroatoms. The van der Waals surface area contributed by atoms with Gasteiger partial charge in [0, 0.05) is 41.7 Å². The minimum Gasteiger partial charge on any atom is -0.481 e. The van der Waals surface area contributed by atoms with E-state index in [1.54, 1.807) is 37.8 Å². The maximum atomic E-state index is 13.6. The van der Waals surface area contributed by atoms with E-state index in [-0.39, 0.29) is 35.0 Å². The molecule has 0 N–H and O–H groups in total. The molecule has 2 heterocycles. The van der Waals surface area contributed by atoms with Crippen LogP contribution in [0.4, 0.5) is 9.18 Å². The molecule has 3 aromatic rings. The minimum atomic E-state index is -0.924. The predicted octanol–water partition coefficient (Wildman–Crippen LogP) is 5.71. The molecule has 4 rings (SSSR count). The van der Waals surface area contributed by atoms with Crippen LogP contribution in [0.3, 0.4) is 0 Å². The number of amides is 1. The lowest BCUT2D eigenvalue weighted by Gasteiger charge is -2.34. The number of hydrogen-bond acceptors (Lipinski definition) is 9. The molecule has 1 aromatic heterocycles. The van der Waals surface area contributed by atoms with E-state index in [1.165, 1.54) is 24.3 Å². The van der Waals surface area contributed by atoms with Crippen molar-refractivity contribution in [2.45, 2.75) is 52.2 Å². The number of carbonyl (C=O) groups is 3. The molecule has 1 saturated heterocycles. The molecule has 0 radical (unpaired) electrons. The third-order valence-electron chi connectivity index (χ3n) is 6.61. The summed E-state index contributed by atoms with van der Waals surface area (Å²) in [5, 5.41) is 0.705. The van der Waals surface area contributed by atoms with Crippen molar-refractivity contribution < 1.29 is 42.1 Å². The Morgan fingerprint density at radius 3 is 2.60 bits per heavy atom. The standard InChI is InChI=1S/C30H31ClFNO9/c1-17(2)40-30(37)39-16-38-27(34)11-19-5-4-10-33(15-19)29(36)18(3)41-21-7-9-23-24(14-28(35)42-26(23)13-21)22-8-6-20(32)12-25(22)31/h6-9,12-14,17-19H,4-5,10-11,15-16H2,1-3H3/t18?,19-/m1/s1. The Labute approximate surface area is 246 Å². The highest BCUT2D eigenvalue weighted by atomic mass is 35.5. The van der Waals surface area contributed by atoms with Gasteiger partial charge in [-0.3, -0.25) is 9.59 Å². The zero-order valence-corrected chi connectivity index (χ0v) is 24.1. The SMILES string of the molecule is CC(C)OC(=O)OCOC(=O)C[C@H]1CCCN(C(=O)C(C)Oc2ccc3c(-c4ccc(F)cc4Cl)cc(=O)oc3c2)C1. The van der Waals surface area contributed by atoms with Crippen molar-refractivity contribution in [3.8, 4) is 16.9 Å². The molecule has 2 atom stereocenters. The third-order valence-corrected chi connectivity index (χ3v) is 6.93. The molecular formula is C30H31ClFNO9. The van der Waals surface area contributed by atoms with Crippen molar-refractivity contribution in [2.75, 3.05) is 19.9 Å². The highest BCUT2D eigenvalue weighted by molar-refractivity contribution is 6.33. The van der Waals surface area contributed by atoms with Gasteiger partial charge in [0.1, 0.15) is 17.1 Å². The Bertz CT molecular complexity index is 1520. The van der Waals surface area contributed by atoms with E-state index < -0.39 is 36.5 Å². The Morgan fingerprint density at radius 1 is 1.07 bits per heavy atom. The van der Waals surface area contributed by atoms with Crippen molar-refractivity contribution in [3.63, 3.8) is 0 Å². The molecule has 42 heavy (non-hydrogen) atoms. The first-order valence-corrected chi connectivity index (χ1v) is 13.9. The van der Waals surface area contributed by atoms with E-state index in [1.807, 2.05) is 0 Å². The summed E-state index contributed by atoms with van der Waals surface area (Å²) < 4.78 is 39.3. The number of benzene rings is 2. The topological polar surface area (TPSA) is 122 Å². The highest BCUT2D eigenvalue weighted by Gasteiger charge is 2.29. The van der Waals surface area contributed by atoms with Crippen LogP contribution in [0.5, 0.6) is 5.75 Å². The third kappa shape index (κ3) is 8.00. The molecule has 10 nitrogen and oxygen atoms in total. The Morgan fingerprint density at radius 2 is 1.86 bits per heavy atom. The van der Waals surface area contributed by atoms with Crippen LogP contribution in [0.1, 0.15) is 40.0 Å². The maximum Gasteiger partial charge on any atom is 0.511 e. The molecule has 1 amide bonds. The maximum absolute atomic E-state index is 13.6. The average molecular weight is 604 g/mol. The summed E-state index contributed by atoms with van der Waals surface area (Å²) in [6.45, 7) is 5.25. The van der Waals surface area contributed by atoms with E-state index in [9.17, 15) is 23.6 Å². The molecule has 2 aromatic carbocycles. The summed E-state index contributed by atoms with van der Waals surface area (Å²) in [7, 11) is 0. The fourth-order valence-electron chi connectivity index (χ4n) is 4.75. The molecule has 1 fully saturated rings. The number of rotatable bonds is 9. The lowest BCUT2D eigenvalue weighted by atomic mass is 9.94. The second-order valence-electron chi connectivity index (χ2n) is 10.2. The van der Waals surface area contributed by atoms with E-state index in [4.69, 9.17) is 35.0 Å². The second kappa shape index (κ2) is 13.7. The van der Waals surface area contributed by atoms with Gasteiger partial charge in [-0.05, 0) is 69.9 Å². The zero-order valence-electron chi connectivity index (χ0n) is 23.4. The van der Waals surface area contributed by atoms with Crippen molar-refractivity contribution in [3.05, 3.63) is 63.7 Å². The van der Waals surface area contributed by atoms with Gasteiger partial charge in [-0.25, -0.2) is 14.0 Å². The summed E-state index contributed by atoms with van der Waals surface area (Å²) in [5.41, 5.74) is 0.534. The second-order valence-corrected chi connectivity index (χ2v) is 10.6. The first kappa shape index (κ1) is 30.8. The minimum absolute atomic E-state index is 0.0612. The Hall–Kier alpha value is -4.12. The molecule has 0 aliphatic carbocycles. The zero-order chi connectivity index (χ0) is 30.4. The number of ether oxygens (including phenoxy) is 4. The predicted molar refractivity (Wildman–Crippen MR) is 151 cm³/mol. The summed E-state index contributed by atoms with van der Waals surface area (Å²) in [6, 6.07) is 10.0. The number of halogens is 2. The van der Waals surface area contributed by atoms with Gasteiger partial charge >= 0.3 is 17.8 Å². The Kier molecular flexibility index (Phi) is 10.1. The molecule has 224 valence electrons. The molecule has 0 saturated carbocycles. The lowest BCUT2D eigenvalue weighted by molar-refractivity contribution is -0.156. The van der Waals surface area contributed by atoms with Crippen molar-refractivity contribution in [2.24, 2.45) is 5.92 Å². The van der Waals surface area contributed by atoms with Crippen LogP contribution in [-0.2, 0) is 23.8 Å². The number of nitrogens with zero attached hydrogens (tertiary/aromatic N) is 1. The number of esters is 1. The van der Waals surface area contributed by atoms with Gasteiger partial charge in [0.15, 0.2) is 6.10 Å².